The summed E-state index contributed by atoms with van der Waals surface area (Å²) in [4.78, 5) is 0. The van der Waals surface area contributed by atoms with E-state index in [9.17, 15) is 8.42 Å². The molecule has 3 nitrogen and oxygen atoms in total. The highest BCUT2D eigenvalue weighted by molar-refractivity contribution is 8.00. The zero-order valence-electron chi connectivity index (χ0n) is 9.37. The molecular weight excluding hydrogens is 230 g/mol. The molecule has 0 atom stereocenters. The van der Waals surface area contributed by atoms with Crippen LogP contribution < -0.4 is 5.32 Å². The van der Waals surface area contributed by atoms with Crippen LogP contribution in [0.1, 0.15) is 25.7 Å². The number of hydrogen-bond acceptors (Lipinski definition) is 4. The van der Waals surface area contributed by atoms with Gasteiger partial charge in [0.15, 0.2) is 0 Å². The van der Waals surface area contributed by atoms with Crippen molar-refractivity contribution in [3.05, 3.63) is 0 Å². The van der Waals surface area contributed by atoms with Gasteiger partial charge in [0, 0.05) is 30.3 Å². The van der Waals surface area contributed by atoms with Gasteiger partial charge in [0.2, 0.25) is 0 Å². The predicted octanol–water partition coefficient (Wildman–Crippen LogP) is 1.30. The van der Waals surface area contributed by atoms with E-state index in [4.69, 9.17) is 0 Å². The molecule has 0 aliphatic heterocycles. The van der Waals surface area contributed by atoms with E-state index in [1.807, 2.05) is 0 Å². The molecular formula is C10H21NO2S2. The van der Waals surface area contributed by atoms with Crippen LogP contribution in [-0.4, -0.2) is 44.5 Å². The fourth-order valence-corrected chi connectivity index (χ4v) is 3.93. The van der Waals surface area contributed by atoms with Crippen molar-refractivity contribution in [2.75, 3.05) is 30.1 Å². The second-order valence-corrected chi connectivity index (χ2v) is 7.66. The fourth-order valence-electron chi connectivity index (χ4n) is 1.78. The summed E-state index contributed by atoms with van der Waals surface area (Å²) in [5.41, 5.74) is 0. The summed E-state index contributed by atoms with van der Waals surface area (Å²) < 4.78 is 21.7. The van der Waals surface area contributed by atoms with Crippen molar-refractivity contribution in [1.82, 2.24) is 5.32 Å². The number of nitrogens with one attached hydrogen (secondary N) is 1. The maximum atomic E-state index is 10.8. The maximum absolute atomic E-state index is 10.8. The second kappa shape index (κ2) is 6.76. The van der Waals surface area contributed by atoms with Crippen molar-refractivity contribution in [1.29, 1.82) is 0 Å². The van der Waals surface area contributed by atoms with E-state index >= 15 is 0 Å². The van der Waals surface area contributed by atoms with Gasteiger partial charge < -0.3 is 5.32 Å². The molecule has 0 aromatic rings. The van der Waals surface area contributed by atoms with Gasteiger partial charge in [-0.05, 0) is 12.8 Å². The number of rotatable bonds is 7. The molecule has 0 aromatic heterocycles. The Morgan fingerprint density at radius 1 is 1.27 bits per heavy atom. The standard InChI is InChI=1S/C10H21NO2S2/c1-15(12,13)9-8-14-7-6-11-10-4-2-3-5-10/h10-11H,2-9H2,1H3. The molecule has 1 fully saturated rings. The summed E-state index contributed by atoms with van der Waals surface area (Å²) in [7, 11) is -2.77. The van der Waals surface area contributed by atoms with E-state index in [1.165, 1.54) is 31.9 Å². The van der Waals surface area contributed by atoms with Crippen LogP contribution >= 0.6 is 11.8 Å². The molecule has 5 heteroatoms. The fraction of sp³-hybridized carbons (Fsp3) is 1.00. The van der Waals surface area contributed by atoms with Crippen LogP contribution in [0.4, 0.5) is 0 Å². The molecule has 0 unspecified atom stereocenters. The molecule has 0 saturated heterocycles. The van der Waals surface area contributed by atoms with Gasteiger partial charge in [0.25, 0.3) is 0 Å². The summed E-state index contributed by atoms with van der Waals surface area (Å²) in [6.45, 7) is 1.01. The Kier molecular flexibility index (Phi) is 6.00. The molecule has 0 heterocycles. The van der Waals surface area contributed by atoms with Crippen LogP contribution in [0.25, 0.3) is 0 Å². The Bertz CT molecular complexity index is 259. The summed E-state index contributed by atoms with van der Waals surface area (Å²) >= 11 is 1.72. The molecule has 1 rings (SSSR count). The lowest BCUT2D eigenvalue weighted by Gasteiger charge is -2.10. The average Bonchev–Trinajstić information content (AvgIpc) is 2.61. The first kappa shape index (κ1) is 13.3. The molecule has 15 heavy (non-hydrogen) atoms. The Morgan fingerprint density at radius 3 is 2.53 bits per heavy atom. The minimum absolute atomic E-state index is 0.307. The molecule has 90 valence electrons. The molecule has 0 aromatic carbocycles. The first-order valence-corrected chi connectivity index (χ1v) is 8.78. The Balaban J connectivity index is 1.89. The van der Waals surface area contributed by atoms with Crippen LogP contribution in [0.2, 0.25) is 0 Å². The van der Waals surface area contributed by atoms with Gasteiger partial charge in [-0.3, -0.25) is 0 Å². The summed E-state index contributed by atoms with van der Waals surface area (Å²) in [6.07, 6.45) is 6.64. The zero-order valence-corrected chi connectivity index (χ0v) is 11.0. The summed E-state index contributed by atoms with van der Waals surface area (Å²) in [5.74, 6) is 2.05. The average molecular weight is 251 g/mol. The van der Waals surface area contributed by atoms with Crippen molar-refractivity contribution in [3.8, 4) is 0 Å². The molecule has 0 spiro atoms. The van der Waals surface area contributed by atoms with Crippen molar-refractivity contribution < 1.29 is 8.42 Å². The van der Waals surface area contributed by atoms with Gasteiger partial charge in [0.1, 0.15) is 9.84 Å². The minimum atomic E-state index is -2.77. The molecule has 0 radical (unpaired) electrons. The maximum Gasteiger partial charge on any atom is 0.148 e. The van der Waals surface area contributed by atoms with E-state index in [0.717, 1.165) is 24.1 Å². The second-order valence-electron chi connectivity index (χ2n) is 4.18. The molecule has 1 aliphatic rings. The quantitative estimate of drug-likeness (QED) is 0.693. The van der Waals surface area contributed by atoms with Crippen LogP contribution in [0, 0.1) is 0 Å². The lowest BCUT2D eigenvalue weighted by molar-refractivity contribution is 0.545. The van der Waals surface area contributed by atoms with Crippen molar-refractivity contribution in [3.63, 3.8) is 0 Å². The summed E-state index contributed by atoms with van der Waals surface area (Å²) in [5, 5.41) is 3.51. The highest BCUT2D eigenvalue weighted by atomic mass is 32.2. The highest BCUT2D eigenvalue weighted by Gasteiger charge is 2.13. The van der Waals surface area contributed by atoms with Gasteiger partial charge in [-0.1, -0.05) is 12.8 Å². The Morgan fingerprint density at radius 2 is 1.93 bits per heavy atom. The third-order valence-electron chi connectivity index (χ3n) is 2.63. The van der Waals surface area contributed by atoms with Crippen molar-refractivity contribution in [2.24, 2.45) is 0 Å². The smallest absolute Gasteiger partial charge is 0.148 e. The van der Waals surface area contributed by atoms with Gasteiger partial charge in [0.05, 0.1) is 5.75 Å². The summed E-state index contributed by atoms with van der Waals surface area (Å²) in [6, 6.07) is 0.723. The van der Waals surface area contributed by atoms with Gasteiger partial charge in [-0.25, -0.2) is 8.42 Å². The van der Waals surface area contributed by atoms with Gasteiger partial charge >= 0.3 is 0 Å². The van der Waals surface area contributed by atoms with E-state index < -0.39 is 9.84 Å². The molecule has 1 N–H and O–H groups in total. The highest BCUT2D eigenvalue weighted by Crippen LogP contribution is 2.17. The molecule has 0 amide bonds. The van der Waals surface area contributed by atoms with Crippen LogP contribution in [0.5, 0.6) is 0 Å². The van der Waals surface area contributed by atoms with E-state index in [-0.39, 0.29) is 0 Å². The SMILES string of the molecule is CS(=O)(=O)CCSCCNC1CCCC1. The van der Waals surface area contributed by atoms with Crippen LogP contribution in [0.3, 0.4) is 0 Å². The minimum Gasteiger partial charge on any atom is -0.313 e. The molecule has 0 bridgehead atoms. The Labute approximate surface area is 97.3 Å². The van der Waals surface area contributed by atoms with E-state index in [2.05, 4.69) is 5.32 Å². The Hall–Kier alpha value is 0.260. The largest absolute Gasteiger partial charge is 0.313 e. The van der Waals surface area contributed by atoms with Gasteiger partial charge in [-0.2, -0.15) is 11.8 Å². The topological polar surface area (TPSA) is 46.2 Å². The third kappa shape index (κ3) is 7.19. The lowest BCUT2D eigenvalue weighted by Crippen LogP contribution is -2.28. The molecule has 1 aliphatic carbocycles. The zero-order chi connectivity index (χ0) is 11.1. The van der Waals surface area contributed by atoms with Gasteiger partial charge in [-0.15, -0.1) is 0 Å². The number of sulfone groups is 1. The van der Waals surface area contributed by atoms with E-state index in [1.54, 1.807) is 11.8 Å². The normalized spacial score (nSPS) is 18.5. The lowest BCUT2D eigenvalue weighted by atomic mass is 10.2. The van der Waals surface area contributed by atoms with Crippen molar-refractivity contribution >= 4 is 21.6 Å². The molecule has 1 saturated carbocycles. The number of hydrogen-bond donors (Lipinski definition) is 1. The third-order valence-corrected chi connectivity index (χ3v) is 4.82. The number of thioether (sulfide) groups is 1. The first-order chi connectivity index (χ1) is 7.08. The van der Waals surface area contributed by atoms with Crippen LogP contribution in [-0.2, 0) is 9.84 Å². The predicted molar refractivity (Wildman–Crippen MR) is 67.3 cm³/mol. The first-order valence-electron chi connectivity index (χ1n) is 5.57. The van der Waals surface area contributed by atoms with Crippen LogP contribution in [0.15, 0.2) is 0 Å². The van der Waals surface area contributed by atoms with Crippen molar-refractivity contribution in [2.45, 2.75) is 31.7 Å². The monoisotopic (exact) mass is 251 g/mol. The van der Waals surface area contributed by atoms with E-state index in [0.29, 0.717) is 5.75 Å².